The van der Waals surface area contributed by atoms with Gasteiger partial charge < -0.3 is 9.84 Å². The van der Waals surface area contributed by atoms with Crippen LogP contribution < -0.4 is 4.74 Å². The predicted octanol–water partition coefficient (Wildman–Crippen LogP) is 3.89. The Kier molecular flexibility index (Phi) is 5.38. The number of carbonyl (C=O) groups is 1. The first kappa shape index (κ1) is 16.7. The summed E-state index contributed by atoms with van der Waals surface area (Å²) in [5.41, 5.74) is -0.701. The van der Waals surface area contributed by atoms with E-state index in [0.717, 1.165) is 6.07 Å². The minimum absolute atomic E-state index is 0.222. The van der Waals surface area contributed by atoms with E-state index in [-0.39, 0.29) is 4.47 Å². The topological polar surface area (TPSA) is 46.5 Å². The first-order chi connectivity index (χ1) is 9.22. The van der Waals surface area contributed by atoms with Crippen LogP contribution in [0.2, 0.25) is 0 Å². The molecular weight excluding hydrogens is 348 g/mol. The number of benzene rings is 1. The average molecular weight is 359 g/mol. The van der Waals surface area contributed by atoms with Crippen LogP contribution in [0, 0.1) is 5.82 Å². The highest BCUT2D eigenvalue weighted by molar-refractivity contribution is 9.10. The summed E-state index contributed by atoms with van der Waals surface area (Å²) < 4.78 is 57.8. The van der Waals surface area contributed by atoms with E-state index in [1.807, 2.05) is 0 Å². The third-order valence-corrected chi connectivity index (χ3v) is 3.15. The van der Waals surface area contributed by atoms with Crippen LogP contribution in [0.15, 0.2) is 16.6 Å². The molecule has 1 aromatic carbocycles. The summed E-state index contributed by atoms with van der Waals surface area (Å²) in [4.78, 5) is 10.7. The number of hydrogen-bond acceptors (Lipinski definition) is 2. The van der Waals surface area contributed by atoms with Crippen molar-refractivity contribution < 1.29 is 32.2 Å². The Morgan fingerprint density at radius 2 is 2.10 bits per heavy atom. The van der Waals surface area contributed by atoms with Crippen LogP contribution >= 0.6 is 15.9 Å². The molecule has 0 aliphatic carbocycles. The van der Waals surface area contributed by atoms with Gasteiger partial charge in [0.25, 0.3) is 5.92 Å². The number of aliphatic carboxylic acids is 1. The second kappa shape index (κ2) is 6.43. The van der Waals surface area contributed by atoms with Crippen molar-refractivity contribution in [2.24, 2.45) is 0 Å². The van der Waals surface area contributed by atoms with Gasteiger partial charge in [0, 0.05) is 12.5 Å². The standard InChI is InChI=1S/C12H11BrF4O3/c1-2-12(16,17)6-3-7(13)8(15)4-9(6)20-10(5-14)11(18)19/h3-4,10H,2,5H2,1H3,(H,18,19)/t10-/m0/s1. The highest BCUT2D eigenvalue weighted by Gasteiger charge is 2.35. The molecule has 1 N–H and O–H groups in total. The van der Waals surface area contributed by atoms with Gasteiger partial charge in [0.1, 0.15) is 18.2 Å². The van der Waals surface area contributed by atoms with E-state index in [9.17, 15) is 22.4 Å². The smallest absolute Gasteiger partial charge is 0.347 e. The SMILES string of the molecule is CCC(F)(F)c1cc(Br)c(F)cc1O[C@@H](CF)C(=O)O. The van der Waals surface area contributed by atoms with E-state index < -0.39 is 48.2 Å². The molecule has 0 aromatic heterocycles. The monoisotopic (exact) mass is 358 g/mol. The molecule has 112 valence electrons. The number of carboxylic acids is 1. The zero-order chi connectivity index (χ0) is 15.5. The van der Waals surface area contributed by atoms with E-state index in [4.69, 9.17) is 5.11 Å². The van der Waals surface area contributed by atoms with E-state index in [0.29, 0.717) is 6.07 Å². The first-order valence-corrected chi connectivity index (χ1v) is 6.35. The molecule has 0 aliphatic heterocycles. The number of rotatable bonds is 6. The molecule has 0 spiro atoms. The fraction of sp³-hybridized carbons (Fsp3) is 0.417. The number of carboxylic acid groups (broad SMARTS) is 1. The molecule has 0 aliphatic rings. The van der Waals surface area contributed by atoms with E-state index in [1.165, 1.54) is 6.92 Å². The largest absolute Gasteiger partial charge is 0.478 e. The van der Waals surface area contributed by atoms with E-state index in [1.54, 1.807) is 0 Å². The van der Waals surface area contributed by atoms with Crippen molar-refractivity contribution in [1.29, 1.82) is 0 Å². The molecular formula is C12H11BrF4O3. The van der Waals surface area contributed by atoms with Crippen molar-refractivity contribution >= 4 is 21.9 Å². The van der Waals surface area contributed by atoms with Gasteiger partial charge in [0.15, 0.2) is 0 Å². The lowest BCUT2D eigenvalue weighted by molar-refractivity contribution is -0.146. The zero-order valence-electron chi connectivity index (χ0n) is 10.3. The second-order valence-corrected chi connectivity index (χ2v) is 4.77. The van der Waals surface area contributed by atoms with Gasteiger partial charge in [0.05, 0.1) is 10.0 Å². The normalized spacial score (nSPS) is 13.1. The fourth-order valence-corrected chi connectivity index (χ4v) is 1.75. The van der Waals surface area contributed by atoms with Crippen LogP contribution in [-0.4, -0.2) is 23.9 Å². The maximum Gasteiger partial charge on any atom is 0.347 e. The molecule has 1 atom stereocenters. The molecule has 0 saturated heterocycles. The van der Waals surface area contributed by atoms with Gasteiger partial charge in [-0.3, -0.25) is 0 Å². The van der Waals surface area contributed by atoms with Crippen molar-refractivity contribution in [2.75, 3.05) is 6.67 Å². The molecule has 3 nitrogen and oxygen atoms in total. The highest BCUT2D eigenvalue weighted by atomic mass is 79.9. The van der Waals surface area contributed by atoms with Crippen LogP contribution in [0.25, 0.3) is 0 Å². The summed E-state index contributed by atoms with van der Waals surface area (Å²) in [6, 6.07) is 1.40. The average Bonchev–Trinajstić information content (AvgIpc) is 2.38. The highest BCUT2D eigenvalue weighted by Crippen LogP contribution is 2.40. The van der Waals surface area contributed by atoms with Crippen molar-refractivity contribution in [3.63, 3.8) is 0 Å². The van der Waals surface area contributed by atoms with Crippen molar-refractivity contribution in [3.8, 4) is 5.75 Å². The molecule has 0 heterocycles. The van der Waals surface area contributed by atoms with Crippen molar-refractivity contribution in [2.45, 2.75) is 25.4 Å². The van der Waals surface area contributed by atoms with Gasteiger partial charge in [-0.05, 0) is 22.0 Å². The quantitative estimate of drug-likeness (QED) is 0.784. The van der Waals surface area contributed by atoms with E-state index >= 15 is 0 Å². The molecule has 0 saturated carbocycles. The summed E-state index contributed by atoms with van der Waals surface area (Å²) >= 11 is 2.76. The molecule has 20 heavy (non-hydrogen) atoms. The zero-order valence-corrected chi connectivity index (χ0v) is 11.9. The van der Waals surface area contributed by atoms with Crippen LogP contribution in [0.3, 0.4) is 0 Å². The minimum atomic E-state index is -3.36. The van der Waals surface area contributed by atoms with Gasteiger partial charge >= 0.3 is 5.97 Å². The summed E-state index contributed by atoms with van der Waals surface area (Å²) in [6.45, 7) is -0.227. The molecule has 0 bridgehead atoms. The maximum atomic E-state index is 13.7. The Labute approximate surface area is 120 Å². The van der Waals surface area contributed by atoms with Gasteiger partial charge in [-0.2, -0.15) is 0 Å². The summed E-state index contributed by atoms with van der Waals surface area (Å²) in [6.07, 6.45) is -2.57. The molecule has 8 heteroatoms. The predicted molar refractivity (Wildman–Crippen MR) is 66.3 cm³/mol. The van der Waals surface area contributed by atoms with Gasteiger partial charge in [-0.25, -0.2) is 22.4 Å². The first-order valence-electron chi connectivity index (χ1n) is 5.55. The minimum Gasteiger partial charge on any atom is -0.478 e. The van der Waals surface area contributed by atoms with E-state index in [2.05, 4.69) is 20.7 Å². The Bertz CT molecular complexity index is 508. The number of hydrogen-bond donors (Lipinski definition) is 1. The molecule has 0 radical (unpaired) electrons. The molecule has 1 rings (SSSR count). The number of halogens is 5. The molecule has 0 fully saturated rings. The van der Waals surface area contributed by atoms with Gasteiger partial charge in [0.2, 0.25) is 6.10 Å². The van der Waals surface area contributed by atoms with Crippen LogP contribution in [-0.2, 0) is 10.7 Å². The Hall–Kier alpha value is -1.31. The third kappa shape index (κ3) is 3.62. The molecule has 1 aromatic rings. The van der Waals surface area contributed by atoms with Gasteiger partial charge in [-0.1, -0.05) is 6.92 Å². The summed E-state index contributed by atoms with van der Waals surface area (Å²) in [5, 5.41) is 8.65. The lowest BCUT2D eigenvalue weighted by atomic mass is 10.0. The van der Waals surface area contributed by atoms with Crippen molar-refractivity contribution in [3.05, 3.63) is 28.0 Å². The second-order valence-electron chi connectivity index (χ2n) is 3.92. The van der Waals surface area contributed by atoms with Crippen LogP contribution in [0.5, 0.6) is 5.75 Å². The Morgan fingerprint density at radius 1 is 1.50 bits per heavy atom. The summed E-state index contributed by atoms with van der Waals surface area (Å²) in [7, 11) is 0. The fourth-order valence-electron chi connectivity index (χ4n) is 1.40. The lowest BCUT2D eigenvalue weighted by Crippen LogP contribution is -2.30. The Morgan fingerprint density at radius 3 is 2.55 bits per heavy atom. The molecule has 0 amide bonds. The lowest BCUT2D eigenvalue weighted by Gasteiger charge is -2.21. The van der Waals surface area contributed by atoms with Crippen LogP contribution in [0.4, 0.5) is 17.6 Å². The number of alkyl halides is 3. The number of ether oxygens (including phenoxy) is 1. The maximum absolute atomic E-state index is 13.7. The Balaban J connectivity index is 3.30. The van der Waals surface area contributed by atoms with Crippen molar-refractivity contribution in [1.82, 2.24) is 0 Å². The molecule has 0 unspecified atom stereocenters. The third-order valence-electron chi connectivity index (χ3n) is 2.55. The summed E-state index contributed by atoms with van der Waals surface area (Å²) in [5.74, 6) is -6.63. The van der Waals surface area contributed by atoms with Crippen LogP contribution in [0.1, 0.15) is 18.9 Å². The van der Waals surface area contributed by atoms with Gasteiger partial charge in [-0.15, -0.1) is 0 Å².